The Bertz CT molecular complexity index is 1070. The van der Waals surface area contributed by atoms with Crippen LogP contribution >= 0.6 is 0 Å². The fraction of sp³-hybridized carbons (Fsp3) is 0.364. The molecule has 1 aromatic rings. The first-order chi connectivity index (χ1) is 12.9. The van der Waals surface area contributed by atoms with Crippen molar-refractivity contribution < 1.29 is 28.5 Å². The van der Waals surface area contributed by atoms with Gasteiger partial charge in [0.15, 0.2) is 0 Å². The Morgan fingerprint density at radius 1 is 1.11 bits per heavy atom. The molecule has 0 spiro atoms. The summed E-state index contributed by atoms with van der Waals surface area (Å²) >= 11 is -5.99. The van der Waals surface area contributed by atoms with Crippen molar-refractivity contribution in [1.82, 2.24) is 0 Å². The Morgan fingerprint density at radius 3 is 2.25 bits per heavy atom. The number of allylic oxidation sites excluding steroid dienone is 5. The summed E-state index contributed by atoms with van der Waals surface area (Å²) in [5.74, 6) is -0.685. The summed E-state index contributed by atoms with van der Waals surface area (Å²) in [6, 6.07) is 8.06. The summed E-state index contributed by atoms with van der Waals surface area (Å²) in [4.78, 5) is 25.8. The molecule has 150 valence electrons. The van der Waals surface area contributed by atoms with Gasteiger partial charge < -0.3 is 0 Å². The van der Waals surface area contributed by atoms with E-state index in [9.17, 15) is 9.59 Å². The molecule has 0 saturated carbocycles. The molecule has 0 N–H and O–H groups in total. The average Bonchev–Trinajstić information content (AvgIpc) is 3.32. The van der Waals surface area contributed by atoms with Crippen LogP contribution < -0.4 is 0 Å². The van der Waals surface area contributed by atoms with Crippen LogP contribution in [-0.4, -0.2) is 19.6 Å². The van der Waals surface area contributed by atoms with Crippen molar-refractivity contribution in [2.75, 3.05) is 0 Å². The summed E-state index contributed by atoms with van der Waals surface area (Å²) in [6.07, 6.45) is 11.1. The first kappa shape index (κ1) is 21.0. The fourth-order valence-electron chi connectivity index (χ4n) is 5.05. The van der Waals surface area contributed by atoms with Crippen LogP contribution in [0.5, 0.6) is 0 Å². The number of carbonyl (C=O) groups excluding carboxylic acids is 2. The predicted octanol–water partition coefficient (Wildman–Crippen LogP) is 4.74. The van der Waals surface area contributed by atoms with Crippen LogP contribution in [0.1, 0.15) is 48.5 Å². The molecular formula is C22H30O4SiTi. The van der Waals surface area contributed by atoms with E-state index in [4.69, 9.17) is 6.64 Å². The van der Waals surface area contributed by atoms with Crippen LogP contribution in [0.25, 0.3) is 6.08 Å². The number of fused-ring (bicyclic) bond motifs is 1. The molecule has 0 radical (unpaired) electrons. The van der Waals surface area contributed by atoms with E-state index in [-0.39, 0.29) is 29.0 Å². The number of carbonyl (C=O) groups is 2. The van der Waals surface area contributed by atoms with E-state index in [1.165, 1.54) is 0 Å². The van der Waals surface area contributed by atoms with Crippen molar-refractivity contribution in [2.45, 2.75) is 47.8 Å². The summed E-state index contributed by atoms with van der Waals surface area (Å²) in [5.41, 5.74) is 2.11. The van der Waals surface area contributed by atoms with Gasteiger partial charge in [-0.3, -0.25) is 0 Å². The van der Waals surface area contributed by atoms with Gasteiger partial charge in [-0.1, -0.05) is 0 Å². The molecule has 0 bridgehead atoms. The van der Waals surface area contributed by atoms with Gasteiger partial charge in [-0.05, 0) is 0 Å². The standard InChI is InChI=1S/C9H7.C5H5.2C3H6O2.2CH3.H2Si.Ti/c1-2-5-9-7-3-6-8(9)4-1;1-2-4-5-3-1;2*1-2-3(4)5;;;;/h1-7H;1-3H,4H2;2*2H2,1H3,(H,4,5);2*1H3;1H2;/q;;;;;;;+2/p-2. The van der Waals surface area contributed by atoms with E-state index in [0.717, 1.165) is 15.0 Å². The van der Waals surface area contributed by atoms with Crippen LogP contribution in [0.4, 0.5) is 0 Å². The van der Waals surface area contributed by atoms with Crippen molar-refractivity contribution >= 4 is 25.6 Å². The number of hydrogen-bond acceptors (Lipinski definition) is 4. The molecule has 2 aliphatic rings. The van der Waals surface area contributed by atoms with Gasteiger partial charge in [0.05, 0.1) is 0 Å². The molecule has 1 atom stereocenters. The molecule has 0 amide bonds. The van der Waals surface area contributed by atoms with Gasteiger partial charge in [-0.2, -0.15) is 0 Å². The van der Waals surface area contributed by atoms with E-state index < -0.39 is 12.3 Å². The second kappa shape index (κ2) is 5.68. The van der Waals surface area contributed by atoms with Crippen LogP contribution in [-0.2, 0) is 28.5 Å². The topological polar surface area (TPSA) is 52.6 Å². The van der Waals surface area contributed by atoms with Gasteiger partial charge in [-0.15, -0.1) is 0 Å². The third-order valence-corrected chi connectivity index (χ3v) is 24.4. The van der Waals surface area contributed by atoms with Gasteiger partial charge in [0.25, 0.3) is 0 Å². The molecule has 28 heavy (non-hydrogen) atoms. The SMILES string of the molecule is CCC(=O)[O][Ti]([CH3])([CH3])(=[SiH2])([O]C(=O)CC)([C]1=CC=CC1)[CH]1C=Cc2ccccc21. The predicted molar refractivity (Wildman–Crippen MR) is 113 cm³/mol. The van der Waals surface area contributed by atoms with E-state index in [2.05, 4.69) is 6.08 Å². The van der Waals surface area contributed by atoms with E-state index in [0.29, 0.717) is 6.42 Å². The minimum absolute atomic E-state index is 0.217. The number of hydrogen-bond donors (Lipinski definition) is 0. The summed E-state index contributed by atoms with van der Waals surface area (Å²) in [7, 11) is 1.64. The van der Waals surface area contributed by atoms with Crippen molar-refractivity contribution in [1.29, 1.82) is 0 Å². The summed E-state index contributed by atoms with van der Waals surface area (Å²) in [5, 5.41) is 3.93. The molecule has 0 aliphatic heterocycles. The second-order valence-corrected chi connectivity index (χ2v) is 37.7. The molecule has 0 heterocycles. The van der Waals surface area contributed by atoms with Gasteiger partial charge in [-0.25, -0.2) is 0 Å². The van der Waals surface area contributed by atoms with Crippen LogP contribution in [0.15, 0.2) is 52.4 Å². The zero-order valence-corrected chi connectivity index (χ0v) is 20.2. The molecule has 0 aromatic heterocycles. The first-order valence-corrected chi connectivity index (χ1v) is 20.1. The zero-order chi connectivity index (χ0) is 20.7. The molecular weight excluding hydrogens is 404 g/mol. The fourth-order valence-corrected chi connectivity index (χ4v) is 20.3. The molecule has 1 unspecified atom stereocenters. The summed E-state index contributed by atoms with van der Waals surface area (Å²) in [6.45, 7) is 3.54. The summed E-state index contributed by atoms with van der Waals surface area (Å²) < 4.78 is 13.8. The maximum absolute atomic E-state index is 12.9. The average molecular weight is 434 g/mol. The number of benzene rings is 1. The van der Waals surface area contributed by atoms with Crippen LogP contribution in [0.2, 0.25) is 10.5 Å². The maximum atomic E-state index is 12.9. The normalized spacial score (nSPS) is 21.6. The van der Waals surface area contributed by atoms with Crippen molar-refractivity contribution in [3.05, 3.63) is 63.6 Å². The molecule has 4 nitrogen and oxygen atoms in total. The van der Waals surface area contributed by atoms with Gasteiger partial charge in [0.1, 0.15) is 0 Å². The van der Waals surface area contributed by atoms with Gasteiger partial charge >= 0.3 is 165 Å². The van der Waals surface area contributed by atoms with Crippen molar-refractivity contribution in [2.24, 2.45) is 0 Å². The van der Waals surface area contributed by atoms with Crippen molar-refractivity contribution in [3.8, 4) is 0 Å². The Hall–Kier alpha value is -1.69. The van der Waals surface area contributed by atoms with Crippen LogP contribution in [0, 0.1) is 0 Å². The second-order valence-electron chi connectivity index (χ2n) is 9.88. The quantitative estimate of drug-likeness (QED) is 0.607. The molecule has 0 fully saturated rings. The van der Waals surface area contributed by atoms with E-state index >= 15 is 0 Å². The Balaban J connectivity index is 2.46. The Kier molecular flexibility index (Phi) is 4.27. The first-order valence-electron chi connectivity index (χ1n) is 10.0. The van der Waals surface area contributed by atoms with Gasteiger partial charge in [0.2, 0.25) is 0 Å². The molecule has 3 rings (SSSR count). The minimum atomic E-state index is -5.99. The Labute approximate surface area is 165 Å². The monoisotopic (exact) mass is 434 g/mol. The molecule has 1 aromatic carbocycles. The van der Waals surface area contributed by atoms with Crippen LogP contribution in [0.3, 0.4) is 0 Å². The molecule has 6 heteroatoms. The Morgan fingerprint density at radius 2 is 1.71 bits per heavy atom. The van der Waals surface area contributed by atoms with Crippen molar-refractivity contribution in [3.63, 3.8) is 0 Å². The molecule has 2 aliphatic carbocycles. The third kappa shape index (κ3) is 2.75. The number of rotatable bonds is 6. The van der Waals surface area contributed by atoms with E-state index in [1.54, 1.807) is 21.5 Å². The molecule has 0 saturated heterocycles. The zero-order valence-electron chi connectivity index (χ0n) is 17.2. The third-order valence-electron chi connectivity index (χ3n) is 6.80. The van der Waals surface area contributed by atoms with E-state index in [1.807, 2.05) is 59.0 Å². The van der Waals surface area contributed by atoms with Gasteiger partial charge in [0, 0.05) is 0 Å².